The van der Waals surface area contributed by atoms with Gasteiger partial charge in [-0.05, 0) is 77.0 Å². The minimum absolute atomic E-state index is 0.185. The molecule has 1 aliphatic heterocycles. The molecule has 0 radical (unpaired) electrons. The Labute approximate surface area is 506 Å². The third kappa shape index (κ3) is 50.1. The van der Waals surface area contributed by atoms with Crippen molar-refractivity contribution in [3.8, 4) is 0 Å². The average Bonchev–Trinajstić information content (AvgIpc) is 3.52. The molecule has 1 rings (SSSR count). The van der Waals surface area contributed by atoms with E-state index in [1.807, 2.05) is 6.08 Å². The van der Waals surface area contributed by atoms with Gasteiger partial charge in [-0.1, -0.05) is 319 Å². The molecule has 0 bridgehead atoms. The lowest BCUT2D eigenvalue weighted by Crippen LogP contribution is -2.60. The molecule has 0 aromatic carbocycles. The van der Waals surface area contributed by atoms with Crippen LogP contribution in [-0.4, -0.2) is 87.5 Å². The molecule has 9 nitrogen and oxygen atoms in total. The summed E-state index contributed by atoms with van der Waals surface area (Å²) >= 11 is 0. The zero-order valence-corrected chi connectivity index (χ0v) is 53.8. The van der Waals surface area contributed by atoms with Crippen molar-refractivity contribution in [1.82, 2.24) is 5.32 Å². The van der Waals surface area contributed by atoms with Gasteiger partial charge in [0.25, 0.3) is 0 Å². The van der Waals surface area contributed by atoms with Crippen LogP contribution in [0.25, 0.3) is 0 Å². The smallest absolute Gasteiger partial charge is 0.220 e. The van der Waals surface area contributed by atoms with Crippen LogP contribution in [0.15, 0.2) is 60.8 Å². The van der Waals surface area contributed by atoms with E-state index in [1.54, 1.807) is 6.08 Å². The van der Waals surface area contributed by atoms with Crippen LogP contribution in [0.1, 0.15) is 341 Å². The van der Waals surface area contributed by atoms with Crippen molar-refractivity contribution in [1.29, 1.82) is 0 Å². The molecule has 1 fully saturated rings. The molecule has 0 aromatic heterocycles. The molecule has 7 unspecified atom stereocenters. The molecule has 7 atom stereocenters. The monoisotopic (exact) mass is 1150 g/mol. The lowest BCUT2D eigenvalue weighted by molar-refractivity contribution is -0.302. The summed E-state index contributed by atoms with van der Waals surface area (Å²) in [6.45, 7) is 3.78. The van der Waals surface area contributed by atoms with E-state index in [0.29, 0.717) is 6.42 Å². The lowest BCUT2D eigenvalue weighted by Gasteiger charge is -2.40. The summed E-state index contributed by atoms with van der Waals surface area (Å²) in [4.78, 5) is 13.1. The Morgan fingerprint density at radius 1 is 0.415 bits per heavy atom. The van der Waals surface area contributed by atoms with E-state index in [0.717, 1.165) is 51.4 Å². The minimum atomic E-state index is -1.58. The summed E-state index contributed by atoms with van der Waals surface area (Å²) in [5, 5.41) is 54.7. The van der Waals surface area contributed by atoms with E-state index in [4.69, 9.17) is 9.47 Å². The molecular weight excluding hydrogens is 1020 g/mol. The van der Waals surface area contributed by atoms with Gasteiger partial charge < -0.3 is 40.3 Å². The molecule has 82 heavy (non-hydrogen) atoms. The molecule has 1 amide bonds. The van der Waals surface area contributed by atoms with Gasteiger partial charge >= 0.3 is 0 Å². The maximum absolute atomic E-state index is 13.1. The fraction of sp³-hybridized carbons (Fsp3) is 0.849. The zero-order valence-electron chi connectivity index (χ0n) is 53.8. The second-order valence-corrected chi connectivity index (χ2v) is 24.7. The van der Waals surface area contributed by atoms with Gasteiger partial charge in [-0.2, -0.15) is 0 Å². The Bertz CT molecular complexity index is 1480. The van der Waals surface area contributed by atoms with E-state index in [9.17, 15) is 30.3 Å². The number of carbonyl (C=O) groups excluding carboxylic acids is 1. The summed E-state index contributed by atoms with van der Waals surface area (Å²) in [5.74, 6) is -0.185. The third-order valence-corrected chi connectivity index (χ3v) is 16.8. The molecule has 1 aliphatic rings. The molecular formula is C73H135NO8. The van der Waals surface area contributed by atoms with Crippen LogP contribution in [0.2, 0.25) is 0 Å². The molecule has 1 heterocycles. The Morgan fingerprint density at radius 2 is 0.732 bits per heavy atom. The summed E-state index contributed by atoms with van der Waals surface area (Å²) in [6.07, 6.45) is 79.2. The van der Waals surface area contributed by atoms with Crippen molar-refractivity contribution < 1.29 is 39.8 Å². The van der Waals surface area contributed by atoms with Gasteiger partial charge in [-0.15, -0.1) is 0 Å². The number of unbranched alkanes of at least 4 members (excludes halogenated alkanes) is 44. The topological polar surface area (TPSA) is 149 Å². The molecule has 0 spiro atoms. The number of rotatable bonds is 62. The van der Waals surface area contributed by atoms with E-state index < -0.39 is 49.5 Å². The van der Waals surface area contributed by atoms with Gasteiger partial charge in [0.15, 0.2) is 6.29 Å². The highest BCUT2D eigenvalue weighted by Crippen LogP contribution is 2.23. The van der Waals surface area contributed by atoms with Gasteiger partial charge in [0.2, 0.25) is 5.91 Å². The number of nitrogens with one attached hydrogen (secondary N) is 1. The van der Waals surface area contributed by atoms with Crippen LogP contribution in [0.4, 0.5) is 0 Å². The number of aliphatic hydroxyl groups is 5. The first-order valence-electron chi connectivity index (χ1n) is 35.5. The predicted molar refractivity (Wildman–Crippen MR) is 350 cm³/mol. The van der Waals surface area contributed by atoms with Gasteiger partial charge in [-0.3, -0.25) is 4.79 Å². The van der Waals surface area contributed by atoms with Crippen molar-refractivity contribution in [2.24, 2.45) is 0 Å². The summed E-state index contributed by atoms with van der Waals surface area (Å²) in [6, 6.07) is -0.829. The van der Waals surface area contributed by atoms with Crippen LogP contribution in [0, 0.1) is 0 Å². The number of aliphatic hydroxyl groups excluding tert-OH is 5. The van der Waals surface area contributed by atoms with E-state index in [-0.39, 0.29) is 12.5 Å². The number of amides is 1. The predicted octanol–water partition coefficient (Wildman–Crippen LogP) is 19.4. The second kappa shape index (κ2) is 62.0. The zero-order chi connectivity index (χ0) is 59.3. The van der Waals surface area contributed by atoms with E-state index in [1.165, 1.54) is 270 Å². The average molecular weight is 1150 g/mol. The molecule has 1 saturated heterocycles. The van der Waals surface area contributed by atoms with Crippen LogP contribution in [-0.2, 0) is 14.3 Å². The highest BCUT2D eigenvalue weighted by atomic mass is 16.7. The largest absolute Gasteiger partial charge is 0.394 e. The Kier molecular flexibility index (Phi) is 58.9. The SMILES string of the molecule is CCCCCCC/C=C\C/C=C\CCCCCCCCCCCCCCCCCCCCCCCCCCCCCC(=O)NC(COC1OC(CO)C(O)C(O)C1O)C(O)/C=C/CC/C=C/CC/C=C/CCCCCCCCCCCC. The first-order chi connectivity index (χ1) is 40.3. The Balaban J connectivity index is 2.08. The summed E-state index contributed by atoms with van der Waals surface area (Å²) in [7, 11) is 0. The molecule has 9 heteroatoms. The molecule has 0 aromatic rings. The standard InChI is InChI=1S/C73H135NO8/c1-3-5-7-9-11-13-15-17-19-21-23-25-26-27-28-29-30-31-32-33-34-35-36-37-38-39-40-41-42-43-45-47-49-51-53-55-57-59-61-63-69(77)74-66(65-81-73-72(80)71(79)70(78)68(64-75)82-73)67(76)62-60-58-56-54-52-50-48-46-44-24-22-20-18-16-14-12-10-8-6-4-2/h15,17,21,23,44,46,52,54,60,62,66-68,70-73,75-76,78-80H,3-14,16,18-20,22,24-43,45,47-51,53,55-59,61,63-65H2,1-2H3,(H,74,77)/b17-15-,23-21-,46-44+,54-52+,62-60+. The van der Waals surface area contributed by atoms with E-state index >= 15 is 0 Å². The van der Waals surface area contributed by atoms with Crippen LogP contribution < -0.4 is 5.32 Å². The fourth-order valence-corrected chi connectivity index (χ4v) is 11.2. The van der Waals surface area contributed by atoms with Gasteiger partial charge in [0.05, 0.1) is 25.4 Å². The lowest BCUT2D eigenvalue weighted by atomic mass is 9.99. The molecule has 0 saturated carbocycles. The van der Waals surface area contributed by atoms with Crippen molar-refractivity contribution >= 4 is 5.91 Å². The van der Waals surface area contributed by atoms with Crippen molar-refractivity contribution in [3.05, 3.63) is 60.8 Å². The van der Waals surface area contributed by atoms with E-state index in [2.05, 4.69) is 67.8 Å². The molecule has 0 aliphatic carbocycles. The third-order valence-electron chi connectivity index (χ3n) is 16.8. The Morgan fingerprint density at radius 3 is 1.10 bits per heavy atom. The first kappa shape index (κ1) is 77.9. The number of carbonyl (C=O) groups is 1. The second-order valence-electron chi connectivity index (χ2n) is 24.7. The fourth-order valence-electron chi connectivity index (χ4n) is 11.2. The van der Waals surface area contributed by atoms with Crippen LogP contribution >= 0.6 is 0 Å². The highest BCUT2D eigenvalue weighted by Gasteiger charge is 2.44. The number of hydrogen-bond acceptors (Lipinski definition) is 8. The summed E-state index contributed by atoms with van der Waals surface area (Å²) < 4.78 is 11.3. The van der Waals surface area contributed by atoms with Crippen molar-refractivity contribution in [2.75, 3.05) is 13.2 Å². The molecule has 6 N–H and O–H groups in total. The number of ether oxygens (including phenoxy) is 2. The van der Waals surface area contributed by atoms with Gasteiger partial charge in [0.1, 0.15) is 24.4 Å². The summed E-state index contributed by atoms with van der Waals surface area (Å²) in [5.41, 5.74) is 0. The normalized spacial score (nSPS) is 18.6. The first-order valence-corrected chi connectivity index (χ1v) is 35.5. The minimum Gasteiger partial charge on any atom is -0.394 e. The maximum atomic E-state index is 13.1. The van der Waals surface area contributed by atoms with Crippen molar-refractivity contribution in [3.63, 3.8) is 0 Å². The van der Waals surface area contributed by atoms with Crippen LogP contribution in [0.5, 0.6) is 0 Å². The Hall–Kier alpha value is -2.11. The van der Waals surface area contributed by atoms with Crippen molar-refractivity contribution in [2.45, 2.75) is 384 Å². The highest BCUT2D eigenvalue weighted by molar-refractivity contribution is 5.76. The van der Waals surface area contributed by atoms with Crippen LogP contribution in [0.3, 0.4) is 0 Å². The number of allylic oxidation sites excluding steroid dienone is 9. The van der Waals surface area contributed by atoms with Gasteiger partial charge in [0, 0.05) is 6.42 Å². The number of hydrogen-bond donors (Lipinski definition) is 6. The quantitative estimate of drug-likeness (QED) is 0.0261. The van der Waals surface area contributed by atoms with Gasteiger partial charge in [-0.25, -0.2) is 0 Å². The molecule has 480 valence electrons. The maximum Gasteiger partial charge on any atom is 0.220 e.